The summed E-state index contributed by atoms with van der Waals surface area (Å²) in [7, 11) is 3.56. The molecule has 3 aromatic carbocycles. The van der Waals surface area contributed by atoms with Crippen molar-refractivity contribution in [3.63, 3.8) is 0 Å². The lowest BCUT2D eigenvalue weighted by molar-refractivity contribution is -0.111. The summed E-state index contributed by atoms with van der Waals surface area (Å²) < 4.78 is 10.3. The van der Waals surface area contributed by atoms with Crippen molar-refractivity contribution in [2.45, 2.75) is 13.8 Å². The van der Waals surface area contributed by atoms with Gasteiger partial charge in [0.15, 0.2) is 0 Å². The molecular formula is C27H30N2O4. The lowest BCUT2D eigenvalue weighted by Crippen LogP contribution is -2.23. The number of anilines is 2. The van der Waals surface area contributed by atoms with Crippen LogP contribution in [-0.2, 0) is 14.3 Å². The minimum absolute atomic E-state index is 0.247. The number of carbonyl (C=O) groups excluding carboxylic acids is 2. The third-order valence-corrected chi connectivity index (χ3v) is 5.38. The monoisotopic (exact) mass is 446 g/mol. The highest BCUT2D eigenvalue weighted by Gasteiger charge is 2.16. The van der Waals surface area contributed by atoms with Gasteiger partial charge < -0.3 is 19.7 Å². The van der Waals surface area contributed by atoms with Crippen molar-refractivity contribution in [1.82, 2.24) is 0 Å². The molecule has 0 saturated heterocycles. The van der Waals surface area contributed by atoms with Gasteiger partial charge in [0.25, 0.3) is 0 Å². The molecule has 6 heteroatoms. The number of ether oxygens (including phenoxy) is 2. The number of likely N-dealkylation sites (N-methyl/N-ethyl adjacent to an activating group) is 1. The summed E-state index contributed by atoms with van der Waals surface area (Å²) in [6, 6.07) is 19.5. The van der Waals surface area contributed by atoms with Gasteiger partial charge in [-0.1, -0.05) is 36.4 Å². The number of benzene rings is 3. The fourth-order valence-corrected chi connectivity index (χ4v) is 3.50. The zero-order valence-electron chi connectivity index (χ0n) is 19.6. The normalized spacial score (nSPS) is 11.3. The number of allylic oxidation sites excluding steroid dienone is 1. The van der Waals surface area contributed by atoms with Crippen molar-refractivity contribution in [1.29, 1.82) is 0 Å². The molecule has 0 atom stereocenters. The van der Waals surface area contributed by atoms with Gasteiger partial charge in [-0.3, -0.25) is 4.79 Å². The van der Waals surface area contributed by atoms with Gasteiger partial charge >= 0.3 is 5.97 Å². The Kier molecular flexibility index (Phi) is 8.22. The molecule has 0 aliphatic carbocycles. The Morgan fingerprint density at radius 2 is 1.79 bits per heavy atom. The first-order valence-electron chi connectivity index (χ1n) is 10.9. The quantitative estimate of drug-likeness (QED) is 0.364. The van der Waals surface area contributed by atoms with Crippen molar-refractivity contribution in [2.75, 3.05) is 44.1 Å². The summed E-state index contributed by atoms with van der Waals surface area (Å²) in [4.78, 5) is 27.3. The molecule has 1 amide bonds. The Morgan fingerprint density at radius 3 is 2.52 bits per heavy atom. The van der Waals surface area contributed by atoms with E-state index >= 15 is 0 Å². The molecule has 0 saturated carbocycles. The standard InChI is InChI=1S/C27H30N2O4/c1-5-33-27(31)24-18-23(29(3)14-15-32-4)12-13-25(24)28-26(30)16-19(2)21-11-10-20-8-6-7-9-22(20)17-21/h6-13,16-18H,5,14-15H2,1-4H3,(H,28,30)/b19-16-. The van der Waals surface area contributed by atoms with E-state index in [1.165, 1.54) is 6.08 Å². The number of amides is 1. The van der Waals surface area contributed by atoms with Gasteiger partial charge in [-0.25, -0.2) is 4.79 Å². The fourth-order valence-electron chi connectivity index (χ4n) is 3.50. The molecule has 0 aliphatic heterocycles. The molecular weight excluding hydrogens is 416 g/mol. The van der Waals surface area contributed by atoms with Crippen molar-refractivity contribution < 1.29 is 19.1 Å². The zero-order chi connectivity index (χ0) is 23.8. The van der Waals surface area contributed by atoms with Gasteiger partial charge in [-0.05, 0) is 60.0 Å². The average Bonchev–Trinajstić information content (AvgIpc) is 2.82. The smallest absolute Gasteiger partial charge is 0.340 e. The highest BCUT2D eigenvalue weighted by atomic mass is 16.5. The Morgan fingerprint density at radius 1 is 1.03 bits per heavy atom. The number of hydrogen-bond donors (Lipinski definition) is 1. The second-order valence-corrected chi connectivity index (χ2v) is 7.74. The van der Waals surface area contributed by atoms with Crippen LogP contribution in [0.15, 0.2) is 66.7 Å². The van der Waals surface area contributed by atoms with Gasteiger partial charge in [0.2, 0.25) is 5.91 Å². The van der Waals surface area contributed by atoms with E-state index in [-0.39, 0.29) is 12.5 Å². The second-order valence-electron chi connectivity index (χ2n) is 7.74. The molecule has 1 N–H and O–H groups in total. The van der Waals surface area contributed by atoms with E-state index in [2.05, 4.69) is 17.4 Å². The Bertz CT molecular complexity index is 1170. The lowest BCUT2D eigenvalue weighted by atomic mass is 10.0. The van der Waals surface area contributed by atoms with E-state index in [1.54, 1.807) is 26.2 Å². The van der Waals surface area contributed by atoms with Crippen LogP contribution in [0.4, 0.5) is 11.4 Å². The first-order chi connectivity index (χ1) is 15.9. The van der Waals surface area contributed by atoms with E-state index in [4.69, 9.17) is 9.47 Å². The van der Waals surface area contributed by atoms with Gasteiger partial charge in [-0.2, -0.15) is 0 Å². The number of carbonyl (C=O) groups is 2. The maximum atomic E-state index is 12.8. The zero-order valence-corrected chi connectivity index (χ0v) is 19.6. The maximum absolute atomic E-state index is 12.8. The van der Waals surface area contributed by atoms with Crippen LogP contribution >= 0.6 is 0 Å². The number of nitrogens with zero attached hydrogens (tertiary/aromatic N) is 1. The average molecular weight is 447 g/mol. The molecule has 0 aromatic heterocycles. The van der Waals surface area contributed by atoms with Crippen molar-refractivity contribution in [3.8, 4) is 0 Å². The summed E-state index contributed by atoms with van der Waals surface area (Å²) in [5.74, 6) is -0.795. The van der Waals surface area contributed by atoms with Crippen LogP contribution in [0.5, 0.6) is 0 Å². The largest absolute Gasteiger partial charge is 0.462 e. The van der Waals surface area contributed by atoms with Crippen LogP contribution in [-0.4, -0.2) is 45.8 Å². The third kappa shape index (κ3) is 6.20. The highest BCUT2D eigenvalue weighted by Crippen LogP contribution is 2.25. The summed E-state index contributed by atoms with van der Waals surface area (Å²) in [6.45, 7) is 5.11. The maximum Gasteiger partial charge on any atom is 0.340 e. The van der Waals surface area contributed by atoms with Crippen LogP contribution in [0.1, 0.15) is 29.8 Å². The minimum Gasteiger partial charge on any atom is -0.462 e. The minimum atomic E-state index is -0.481. The fraction of sp³-hybridized carbons (Fsp3) is 0.259. The lowest BCUT2D eigenvalue weighted by Gasteiger charge is -2.20. The molecule has 172 valence electrons. The van der Waals surface area contributed by atoms with Crippen molar-refractivity contribution in [2.24, 2.45) is 0 Å². The summed E-state index contributed by atoms with van der Waals surface area (Å²) in [6.07, 6.45) is 1.54. The summed E-state index contributed by atoms with van der Waals surface area (Å²) >= 11 is 0. The molecule has 0 aliphatic rings. The number of rotatable bonds is 9. The number of hydrogen-bond acceptors (Lipinski definition) is 5. The molecule has 0 fully saturated rings. The van der Waals surface area contributed by atoms with Gasteiger partial charge in [0.1, 0.15) is 0 Å². The molecule has 0 radical (unpaired) electrons. The third-order valence-electron chi connectivity index (χ3n) is 5.38. The van der Waals surface area contributed by atoms with Crippen LogP contribution < -0.4 is 10.2 Å². The number of fused-ring (bicyclic) bond motifs is 1. The number of nitrogens with one attached hydrogen (secondary N) is 1. The van der Waals surface area contributed by atoms with Gasteiger partial charge in [0.05, 0.1) is 24.5 Å². The molecule has 33 heavy (non-hydrogen) atoms. The Balaban J connectivity index is 1.83. The van der Waals surface area contributed by atoms with Gasteiger partial charge in [-0.15, -0.1) is 0 Å². The molecule has 0 spiro atoms. The summed E-state index contributed by atoms with van der Waals surface area (Å²) in [5, 5.41) is 5.10. The molecule has 6 nitrogen and oxygen atoms in total. The van der Waals surface area contributed by atoms with E-state index < -0.39 is 5.97 Å². The topological polar surface area (TPSA) is 67.9 Å². The van der Waals surface area contributed by atoms with E-state index in [0.717, 1.165) is 27.6 Å². The SMILES string of the molecule is CCOC(=O)c1cc(N(C)CCOC)ccc1NC(=O)/C=C(/C)c1ccc2ccccc2c1. The van der Waals surface area contributed by atoms with Gasteiger partial charge in [0, 0.05) is 32.5 Å². The molecule has 0 bridgehead atoms. The Labute approximate surface area is 194 Å². The Hall–Kier alpha value is -3.64. The summed E-state index contributed by atoms with van der Waals surface area (Å²) in [5.41, 5.74) is 3.33. The molecule has 3 aromatic rings. The van der Waals surface area contributed by atoms with Crippen LogP contribution in [0.2, 0.25) is 0 Å². The second kappa shape index (κ2) is 11.3. The van der Waals surface area contributed by atoms with E-state index in [0.29, 0.717) is 24.4 Å². The molecule has 3 rings (SSSR count). The predicted octanol–water partition coefficient (Wildman–Crippen LogP) is 5.14. The van der Waals surface area contributed by atoms with Crippen molar-refractivity contribution >= 4 is 39.6 Å². The van der Waals surface area contributed by atoms with Crippen molar-refractivity contribution in [3.05, 3.63) is 77.9 Å². The number of esters is 1. The number of methoxy groups -OCH3 is 1. The molecule has 0 heterocycles. The first kappa shape index (κ1) is 24.0. The first-order valence-corrected chi connectivity index (χ1v) is 10.9. The molecule has 0 unspecified atom stereocenters. The van der Waals surface area contributed by atoms with Crippen LogP contribution in [0.25, 0.3) is 16.3 Å². The highest BCUT2D eigenvalue weighted by molar-refractivity contribution is 6.08. The van der Waals surface area contributed by atoms with Crippen LogP contribution in [0, 0.1) is 0 Å². The van der Waals surface area contributed by atoms with E-state index in [1.807, 2.05) is 55.3 Å². The van der Waals surface area contributed by atoms with Crippen LogP contribution in [0.3, 0.4) is 0 Å². The van der Waals surface area contributed by atoms with E-state index in [9.17, 15) is 9.59 Å². The predicted molar refractivity (Wildman–Crippen MR) is 134 cm³/mol.